The van der Waals surface area contributed by atoms with Crippen LogP contribution in [-0.2, 0) is 14.3 Å². The van der Waals surface area contributed by atoms with Crippen LogP contribution in [0.3, 0.4) is 0 Å². The van der Waals surface area contributed by atoms with E-state index in [9.17, 15) is 19.7 Å². The Bertz CT molecular complexity index is 1140. The van der Waals surface area contributed by atoms with Gasteiger partial charge < -0.3 is 4.74 Å². The van der Waals surface area contributed by atoms with Gasteiger partial charge in [0.05, 0.1) is 16.4 Å². The van der Waals surface area contributed by atoms with Gasteiger partial charge in [0.1, 0.15) is 6.61 Å². The van der Waals surface area contributed by atoms with Gasteiger partial charge in [-0.05, 0) is 42.7 Å². The minimum Gasteiger partial charge on any atom is -0.458 e. The van der Waals surface area contributed by atoms with Gasteiger partial charge >= 0.3 is 5.97 Å². The summed E-state index contributed by atoms with van der Waals surface area (Å²) in [6.45, 7) is 3.29. The van der Waals surface area contributed by atoms with Crippen LogP contribution in [0.15, 0.2) is 76.9 Å². The van der Waals surface area contributed by atoms with Crippen molar-refractivity contribution in [3.8, 4) is 0 Å². The minimum absolute atomic E-state index is 0.00828. The van der Waals surface area contributed by atoms with E-state index in [1.165, 1.54) is 18.2 Å². The molecular weight excluding hydrogens is 432 g/mol. The van der Waals surface area contributed by atoms with Gasteiger partial charge in [-0.25, -0.2) is 4.79 Å². The Balaban J connectivity index is 1.92. The summed E-state index contributed by atoms with van der Waals surface area (Å²) in [5.74, 6) is -2.44. The lowest BCUT2D eigenvalue weighted by Gasteiger charge is -2.30. The molecule has 1 heterocycles. The molecule has 1 aliphatic heterocycles. The highest BCUT2D eigenvalue weighted by molar-refractivity contribution is 6.65. The van der Waals surface area contributed by atoms with E-state index >= 15 is 0 Å². The Morgan fingerprint density at radius 1 is 1.16 bits per heavy atom. The number of carbonyl (C=O) groups excluding carboxylic acids is 2. The van der Waals surface area contributed by atoms with Gasteiger partial charge in [-0.15, -0.1) is 0 Å². The maximum absolute atomic E-state index is 13.0. The molecule has 164 valence electrons. The number of non-ortho nitro benzene ring substituents is 1. The second-order valence-corrected chi connectivity index (χ2v) is 7.65. The number of carbonyl (C=O) groups is 2. The molecule has 1 aliphatic rings. The van der Waals surface area contributed by atoms with Crippen molar-refractivity contribution >= 4 is 40.3 Å². The van der Waals surface area contributed by atoms with Crippen molar-refractivity contribution in [1.82, 2.24) is 0 Å². The van der Waals surface area contributed by atoms with Crippen LogP contribution >= 0.6 is 11.6 Å². The van der Waals surface area contributed by atoms with Crippen molar-refractivity contribution in [2.75, 3.05) is 6.61 Å². The third-order valence-corrected chi connectivity index (χ3v) is 5.39. The summed E-state index contributed by atoms with van der Waals surface area (Å²) < 4.78 is 5.43. The molecule has 0 bridgehead atoms. The van der Waals surface area contributed by atoms with Crippen molar-refractivity contribution < 1.29 is 19.2 Å². The third kappa shape index (κ3) is 5.18. The Kier molecular flexibility index (Phi) is 7.33. The fraction of sp³-hybridized carbons (Fsp3) is 0.208. The number of esters is 1. The molecule has 32 heavy (non-hydrogen) atoms. The number of nitro benzene ring substituents is 1. The summed E-state index contributed by atoms with van der Waals surface area (Å²) in [4.78, 5) is 40.4. The quantitative estimate of drug-likeness (QED) is 0.253. The van der Waals surface area contributed by atoms with E-state index in [1.54, 1.807) is 26.0 Å². The minimum atomic E-state index is -0.940. The zero-order chi connectivity index (χ0) is 23.3. The standard InChI is InChI=1S/C24H21ClN2O5/c1-15-20(23(25)28)22(18-11-6-12-19(14-18)27(30)31)21(16(2)26-15)24(29)32-13-7-10-17-8-4-3-5-9-17/h3-12,14,20,22H,13H2,1-2H3. The second kappa shape index (κ2) is 10.2. The van der Waals surface area contributed by atoms with Crippen LogP contribution in [-0.4, -0.2) is 28.5 Å². The van der Waals surface area contributed by atoms with E-state index in [0.717, 1.165) is 5.56 Å². The van der Waals surface area contributed by atoms with Gasteiger partial charge in [0, 0.05) is 29.5 Å². The number of hydrogen-bond acceptors (Lipinski definition) is 6. The predicted molar refractivity (Wildman–Crippen MR) is 122 cm³/mol. The normalized spacial score (nSPS) is 18.4. The zero-order valence-corrected chi connectivity index (χ0v) is 18.3. The van der Waals surface area contributed by atoms with Gasteiger partial charge in [0.25, 0.3) is 5.69 Å². The average Bonchev–Trinajstić information content (AvgIpc) is 2.76. The van der Waals surface area contributed by atoms with Crippen LogP contribution in [0.25, 0.3) is 6.08 Å². The molecule has 0 amide bonds. The van der Waals surface area contributed by atoms with Crippen molar-refractivity contribution in [3.05, 3.63) is 93.2 Å². The van der Waals surface area contributed by atoms with E-state index in [2.05, 4.69) is 4.99 Å². The Morgan fingerprint density at radius 2 is 1.88 bits per heavy atom. The highest BCUT2D eigenvalue weighted by atomic mass is 35.5. The SMILES string of the molecule is CC1=NC(C)=C(C(=O)OCC=Cc2ccccc2)C(c2cccc([N+](=O)[O-])c2)C1C(=O)Cl. The number of nitro groups is 1. The molecule has 2 atom stereocenters. The van der Waals surface area contributed by atoms with Gasteiger partial charge in [0.15, 0.2) is 0 Å². The third-order valence-electron chi connectivity index (χ3n) is 5.15. The Morgan fingerprint density at radius 3 is 2.53 bits per heavy atom. The molecular formula is C24H21ClN2O5. The number of hydrogen-bond donors (Lipinski definition) is 0. The highest BCUT2D eigenvalue weighted by Crippen LogP contribution is 2.41. The second-order valence-electron chi connectivity index (χ2n) is 7.28. The van der Waals surface area contributed by atoms with Gasteiger partial charge in [0.2, 0.25) is 5.24 Å². The summed E-state index contributed by atoms with van der Waals surface area (Å²) in [5, 5.41) is 10.6. The van der Waals surface area contributed by atoms with Gasteiger partial charge in [-0.2, -0.15) is 0 Å². The first-order chi connectivity index (χ1) is 15.3. The van der Waals surface area contributed by atoms with Gasteiger partial charge in [-0.3, -0.25) is 19.9 Å². The Labute approximate surface area is 190 Å². The largest absolute Gasteiger partial charge is 0.458 e. The van der Waals surface area contributed by atoms with Crippen LogP contribution in [0.4, 0.5) is 5.69 Å². The molecule has 0 N–H and O–H groups in total. The van der Waals surface area contributed by atoms with E-state index in [1.807, 2.05) is 36.4 Å². The summed E-state index contributed by atoms with van der Waals surface area (Å²) >= 11 is 5.87. The monoisotopic (exact) mass is 452 g/mol. The molecule has 0 aromatic heterocycles. The number of ether oxygens (including phenoxy) is 1. The molecule has 2 aromatic rings. The highest BCUT2D eigenvalue weighted by Gasteiger charge is 2.41. The fourth-order valence-electron chi connectivity index (χ4n) is 3.74. The number of rotatable bonds is 7. The van der Waals surface area contributed by atoms with E-state index in [-0.39, 0.29) is 17.9 Å². The van der Waals surface area contributed by atoms with E-state index in [4.69, 9.17) is 16.3 Å². The summed E-state index contributed by atoms with van der Waals surface area (Å²) in [7, 11) is 0. The number of nitrogens with zero attached hydrogens (tertiary/aromatic N) is 2. The average molecular weight is 453 g/mol. The lowest BCUT2D eigenvalue weighted by molar-refractivity contribution is -0.384. The number of halogens is 1. The van der Waals surface area contributed by atoms with Gasteiger partial charge in [-0.1, -0.05) is 48.5 Å². The molecule has 0 spiro atoms. The van der Waals surface area contributed by atoms with Crippen LogP contribution in [0.1, 0.15) is 30.9 Å². The number of allylic oxidation sites excluding steroid dienone is 1. The number of aliphatic imine (C=N–C) groups is 1. The van der Waals surface area contributed by atoms with Crippen LogP contribution in [0.5, 0.6) is 0 Å². The molecule has 0 fully saturated rings. The lowest BCUT2D eigenvalue weighted by atomic mass is 9.76. The summed E-state index contributed by atoms with van der Waals surface area (Å²) in [6.07, 6.45) is 3.52. The molecule has 0 saturated carbocycles. The van der Waals surface area contributed by atoms with Crippen molar-refractivity contribution in [3.63, 3.8) is 0 Å². The van der Waals surface area contributed by atoms with Crippen LogP contribution < -0.4 is 0 Å². The molecule has 8 heteroatoms. The van der Waals surface area contributed by atoms with Crippen molar-refractivity contribution in [2.24, 2.45) is 10.9 Å². The molecule has 3 rings (SSSR count). The first kappa shape index (κ1) is 23.1. The summed E-state index contributed by atoms with van der Waals surface area (Å²) in [5.41, 5.74) is 2.19. The first-order valence-electron chi connectivity index (χ1n) is 9.88. The number of benzene rings is 2. The fourth-order valence-corrected chi connectivity index (χ4v) is 4.02. The maximum Gasteiger partial charge on any atom is 0.336 e. The molecule has 2 aromatic carbocycles. The van der Waals surface area contributed by atoms with E-state index < -0.39 is 28.0 Å². The molecule has 2 unspecified atom stereocenters. The molecule has 0 aliphatic carbocycles. The lowest BCUT2D eigenvalue weighted by Crippen LogP contribution is -2.33. The molecule has 7 nitrogen and oxygen atoms in total. The molecule has 0 saturated heterocycles. The smallest absolute Gasteiger partial charge is 0.336 e. The van der Waals surface area contributed by atoms with E-state index in [0.29, 0.717) is 17.0 Å². The Hall–Kier alpha value is -3.58. The van der Waals surface area contributed by atoms with Crippen LogP contribution in [0, 0.1) is 16.0 Å². The predicted octanol–water partition coefficient (Wildman–Crippen LogP) is 5.07. The molecule has 0 radical (unpaired) electrons. The maximum atomic E-state index is 13.0. The van der Waals surface area contributed by atoms with Crippen molar-refractivity contribution in [2.45, 2.75) is 19.8 Å². The summed E-state index contributed by atoms with van der Waals surface area (Å²) in [6, 6.07) is 15.3. The zero-order valence-electron chi connectivity index (χ0n) is 17.5. The first-order valence-corrected chi connectivity index (χ1v) is 10.3. The van der Waals surface area contributed by atoms with Crippen molar-refractivity contribution in [1.29, 1.82) is 0 Å². The van der Waals surface area contributed by atoms with Crippen LogP contribution in [0.2, 0.25) is 0 Å². The topological polar surface area (TPSA) is 98.9 Å².